The summed E-state index contributed by atoms with van der Waals surface area (Å²) in [6, 6.07) is 10.3. The van der Waals surface area contributed by atoms with E-state index in [4.69, 9.17) is 4.74 Å². The maximum Gasteiger partial charge on any atom is 0.320 e. The third-order valence-electron chi connectivity index (χ3n) is 4.09. The fraction of sp³-hybridized carbons (Fsp3) is 0.278. The number of hydrogen-bond acceptors (Lipinski definition) is 4. The van der Waals surface area contributed by atoms with Crippen LogP contribution in [0.15, 0.2) is 42.6 Å². The van der Waals surface area contributed by atoms with Crippen molar-refractivity contribution in [3.63, 3.8) is 0 Å². The molecular formula is C18H20N4O3. The molecule has 0 radical (unpaired) electrons. The van der Waals surface area contributed by atoms with Crippen molar-refractivity contribution in [2.75, 3.05) is 23.9 Å². The van der Waals surface area contributed by atoms with Gasteiger partial charge in [-0.3, -0.25) is 10.1 Å². The molecule has 2 aromatic rings. The zero-order valence-electron chi connectivity index (χ0n) is 14.2. The molecule has 1 unspecified atom stereocenters. The normalized spacial score (nSPS) is 16.6. The number of carbonyl (C=O) groups excluding carboxylic acids is 2. The van der Waals surface area contributed by atoms with Crippen LogP contribution in [0.3, 0.4) is 0 Å². The largest absolute Gasteiger partial charge is 0.497 e. The summed E-state index contributed by atoms with van der Waals surface area (Å²) < 4.78 is 5.12. The van der Waals surface area contributed by atoms with Gasteiger partial charge in [-0.2, -0.15) is 0 Å². The van der Waals surface area contributed by atoms with Crippen molar-refractivity contribution >= 4 is 23.4 Å². The van der Waals surface area contributed by atoms with Gasteiger partial charge in [0.25, 0.3) is 0 Å². The Morgan fingerprint density at radius 3 is 2.72 bits per heavy atom. The average Bonchev–Trinajstić information content (AvgIpc) is 2.97. The van der Waals surface area contributed by atoms with Gasteiger partial charge in [-0.05, 0) is 42.8 Å². The molecular weight excluding hydrogens is 320 g/mol. The number of carbonyl (C=O) groups is 2. The van der Waals surface area contributed by atoms with Gasteiger partial charge in [0.1, 0.15) is 11.6 Å². The number of nitrogens with one attached hydrogen (secondary N) is 2. The van der Waals surface area contributed by atoms with E-state index < -0.39 is 0 Å². The maximum atomic E-state index is 12.2. The monoisotopic (exact) mass is 340 g/mol. The van der Waals surface area contributed by atoms with E-state index in [9.17, 15) is 9.59 Å². The number of aromatic nitrogens is 1. The van der Waals surface area contributed by atoms with Gasteiger partial charge in [0, 0.05) is 24.8 Å². The van der Waals surface area contributed by atoms with Gasteiger partial charge in [0.2, 0.25) is 5.91 Å². The van der Waals surface area contributed by atoms with Gasteiger partial charge in [0.15, 0.2) is 0 Å². The van der Waals surface area contributed by atoms with Crippen molar-refractivity contribution in [2.24, 2.45) is 0 Å². The van der Waals surface area contributed by atoms with Gasteiger partial charge in [-0.25, -0.2) is 9.78 Å². The van der Waals surface area contributed by atoms with Gasteiger partial charge in [-0.1, -0.05) is 6.07 Å². The number of benzene rings is 1. The summed E-state index contributed by atoms with van der Waals surface area (Å²) >= 11 is 0. The Kier molecular flexibility index (Phi) is 4.83. The van der Waals surface area contributed by atoms with Crippen molar-refractivity contribution in [2.45, 2.75) is 19.4 Å². The fourth-order valence-electron chi connectivity index (χ4n) is 2.76. The Morgan fingerprint density at radius 2 is 2.04 bits per heavy atom. The number of urea groups is 1. The highest BCUT2D eigenvalue weighted by Crippen LogP contribution is 2.24. The summed E-state index contributed by atoms with van der Waals surface area (Å²) in [5.74, 6) is 1.22. The first-order chi connectivity index (χ1) is 12.1. The van der Waals surface area contributed by atoms with E-state index in [1.165, 1.54) is 0 Å². The van der Waals surface area contributed by atoms with Crippen LogP contribution in [-0.4, -0.2) is 36.6 Å². The van der Waals surface area contributed by atoms with Gasteiger partial charge in [-0.15, -0.1) is 0 Å². The molecule has 1 aromatic heterocycles. The minimum Gasteiger partial charge on any atom is -0.497 e. The molecule has 7 heteroatoms. The SMILES string of the molecule is COc1ccc(N2CC(NC(=O)Nc3ncccc3C)CC2=O)cc1. The second kappa shape index (κ2) is 7.21. The predicted molar refractivity (Wildman–Crippen MR) is 94.9 cm³/mol. The molecule has 0 spiro atoms. The van der Waals surface area contributed by atoms with Crippen LogP contribution in [0.5, 0.6) is 5.75 Å². The van der Waals surface area contributed by atoms with Crippen LogP contribution in [0.4, 0.5) is 16.3 Å². The topological polar surface area (TPSA) is 83.6 Å². The summed E-state index contributed by atoms with van der Waals surface area (Å²) in [5, 5.41) is 5.54. The number of hydrogen-bond donors (Lipinski definition) is 2. The molecule has 0 saturated carbocycles. The van der Waals surface area contributed by atoms with E-state index in [0.717, 1.165) is 17.0 Å². The lowest BCUT2D eigenvalue weighted by Crippen LogP contribution is -2.40. The number of aryl methyl sites for hydroxylation is 1. The Labute approximate surface area is 146 Å². The summed E-state index contributed by atoms with van der Waals surface area (Å²) in [5.41, 5.74) is 1.66. The van der Waals surface area contributed by atoms with E-state index in [0.29, 0.717) is 12.4 Å². The smallest absolute Gasteiger partial charge is 0.320 e. The minimum atomic E-state index is -0.365. The summed E-state index contributed by atoms with van der Waals surface area (Å²) in [7, 11) is 1.60. The predicted octanol–water partition coefficient (Wildman–Crippen LogP) is 2.33. The number of rotatable bonds is 4. The first-order valence-corrected chi connectivity index (χ1v) is 8.00. The lowest BCUT2D eigenvalue weighted by atomic mass is 10.2. The van der Waals surface area contributed by atoms with Gasteiger partial charge < -0.3 is 15.0 Å². The Bertz CT molecular complexity index is 776. The molecule has 1 atom stereocenters. The molecule has 0 bridgehead atoms. The second-order valence-corrected chi connectivity index (χ2v) is 5.87. The lowest BCUT2D eigenvalue weighted by Gasteiger charge is -2.18. The number of anilines is 2. The van der Waals surface area contributed by atoms with E-state index in [1.807, 2.05) is 25.1 Å². The third kappa shape index (κ3) is 3.88. The second-order valence-electron chi connectivity index (χ2n) is 5.87. The Hall–Kier alpha value is -3.09. The summed E-state index contributed by atoms with van der Waals surface area (Å²) in [6.07, 6.45) is 1.88. The lowest BCUT2D eigenvalue weighted by molar-refractivity contribution is -0.117. The maximum absolute atomic E-state index is 12.2. The molecule has 0 aliphatic carbocycles. The van der Waals surface area contributed by atoms with Crippen molar-refractivity contribution in [3.8, 4) is 5.75 Å². The van der Waals surface area contributed by atoms with Crippen LogP contribution in [0.25, 0.3) is 0 Å². The first kappa shape index (κ1) is 16.8. The van der Waals surface area contributed by atoms with E-state index in [2.05, 4.69) is 15.6 Å². The highest BCUT2D eigenvalue weighted by atomic mass is 16.5. The highest BCUT2D eigenvalue weighted by Gasteiger charge is 2.31. The van der Waals surface area contributed by atoms with Crippen LogP contribution in [0.1, 0.15) is 12.0 Å². The number of amides is 3. The average molecular weight is 340 g/mol. The molecule has 2 N–H and O–H groups in total. The molecule has 1 aliphatic rings. The Morgan fingerprint density at radius 1 is 1.28 bits per heavy atom. The van der Waals surface area contributed by atoms with E-state index >= 15 is 0 Å². The molecule has 1 aromatic carbocycles. The van der Waals surface area contributed by atoms with Gasteiger partial charge in [0.05, 0.1) is 13.2 Å². The van der Waals surface area contributed by atoms with E-state index in [1.54, 1.807) is 36.4 Å². The van der Waals surface area contributed by atoms with Crippen molar-refractivity contribution < 1.29 is 14.3 Å². The molecule has 1 fully saturated rings. The Balaban J connectivity index is 1.60. The standard InChI is InChI=1S/C18H20N4O3/c1-12-4-3-9-19-17(12)21-18(24)20-13-10-16(23)22(11-13)14-5-7-15(25-2)8-6-14/h3-9,13H,10-11H2,1-2H3,(H2,19,20,21,24). The van der Waals surface area contributed by atoms with Crippen molar-refractivity contribution in [3.05, 3.63) is 48.2 Å². The first-order valence-electron chi connectivity index (χ1n) is 8.00. The zero-order valence-corrected chi connectivity index (χ0v) is 14.2. The van der Waals surface area contributed by atoms with Crippen LogP contribution >= 0.6 is 0 Å². The molecule has 3 rings (SSSR count). The molecule has 25 heavy (non-hydrogen) atoms. The highest BCUT2D eigenvalue weighted by molar-refractivity contribution is 5.97. The quantitative estimate of drug-likeness (QED) is 0.895. The fourth-order valence-corrected chi connectivity index (χ4v) is 2.76. The van der Waals surface area contributed by atoms with Crippen LogP contribution in [-0.2, 0) is 4.79 Å². The summed E-state index contributed by atoms with van der Waals surface area (Å²) in [6.45, 7) is 2.30. The molecule has 1 aliphatic heterocycles. The number of methoxy groups -OCH3 is 1. The van der Waals surface area contributed by atoms with Crippen molar-refractivity contribution in [1.29, 1.82) is 0 Å². The molecule has 130 valence electrons. The van der Waals surface area contributed by atoms with Crippen LogP contribution < -0.4 is 20.3 Å². The van der Waals surface area contributed by atoms with Gasteiger partial charge >= 0.3 is 6.03 Å². The van der Waals surface area contributed by atoms with E-state index in [-0.39, 0.29) is 24.4 Å². The number of nitrogens with zero attached hydrogens (tertiary/aromatic N) is 2. The van der Waals surface area contributed by atoms with Crippen LogP contribution in [0.2, 0.25) is 0 Å². The molecule has 3 amide bonds. The van der Waals surface area contributed by atoms with Crippen molar-refractivity contribution in [1.82, 2.24) is 10.3 Å². The molecule has 1 saturated heterocycles. The van der Waals surface area contributed by atoms with Crippen LogP contribution in [0, 0.1) is 6.92 Å². The summed E-state index contributed by atoms with van der Waals surface area (Å²) in [4.78, 5) is 30.2. The molecule has 2 heterocycles. The zero-order chi connectivity index (χ0) is 17.8. The number of pyridine rings is 1. The third-order valence-corrected chi connectivity index (χ3v) is 4.09. The molecule has 7 nitrogen and oxygen atoms in total. The number of ether oxygens (including phenoxy) is 1. The minimum absolute atomic E-state index is 0.0236.